The van der Waals surface area contributed by atoms with Gasteiger partial charge in [-0.2, -0.15) is 0 Å². The van der Waals surface area contributed by atoms with E-state index in [0.29, 0.717) is 11.5 Å². The Kier molecular flexibility index (Phi) is 6.64. The molecule has 0 heterocycles. The molecule has 1 amide bonds. The maximum atomic E-state index is 11.9. The van der Waals surface area contributed by atoms with Gasteiger partial charge in [0.15, 0.2) is 0 Å². The Bertz CT molecular complexity index is 447. The van der Waals surface area contributed by atoms with E-state index < -0.39 is 0 Å². The summed E-state index contributed by atoms with van der Waals surface area (Å²) in [5, 5.41) is 0. The van der Waals surface area contributed by atoms with Crippen LogP contribution in [0.2, 0.25) is 0 Å². The Morgan fingerprint density at radius 2 is 1.80 bits per heavy atom. The van der Waals surface area contributed by atoms with E-state index in [1.54, 1.807) is 37.3 Å². The Balaban J connectivity index is 2.76. The standard InChI is InChI=1S/C16H23NO3/c1-5-6-9-17(2)16(18)8-7-13-10-14(19-3)12-15(11-13)20-4/h7-8,10-12H,5-6,9H2,1-4H3/b8-7+. The van der Waals surface area contributed by atoms with Crippen molar-refractivity contribution in [3.05, 3.63) is 29.8 Å². The SMILES string of the molecule is CCCCN(C)C(=O)/C=C/c1cc(OC)cc(OC)c1. The van der Waals surface area contributed by atoms with Gasteiger partial charge in [-0.05, 0) is 30.2 Å². The summed E-state index contributed by atoms with van der Waals surface area (Å²) in [5.41, 5.74) is 0.874. The van der Waals surface area contributed by atoms with Gasteiger partial charge in [0.2, 0.25) is 5.91 Å². The number of rotatable bonds is 7. The predicted octanol–water partition coefficient (Wildman–Crippen LogP) is 2.98. The fraction of sp³-hybridized carbons (Fsp3) is 0.438. The largest absolute Gasteiger partial charge is 0.497 e. The molecule has 0 aliphatic carbocycles. The number of hydrogen-bond acceptors (Lipinski definition) is 3. The predicted molar refractivity (Wildman–Crippen MR) is 81.1 cm³/mol. The van der Waals surface area contributed by atoms with Crippen molar-refractivity contribution in [2.75, 3.05) is 27.8 Å². The van der Waals surface area contributed by atoms with Crippen molar-refractivity contribution in [2.45, 2.75) is 19.8 Å². The second-order valence-electron chi connectivity index (χ2n) is 4.59. The minimum atomic E-state index is 0.000219. The van der Waals surface area contributed by atoms with Gasteiger partial charge < -0.3 is 14.4 Å². The smallest absolute Gasteiger partial charge is 0.246 e. The second kappa shape index (κ2) is 8.25. The van der Waals surface area contributed by atoms with Crippen LogP contribution >= 0.6 is 0 Å². The molecule has 0 aliphatic heterocycles. The van der Waals surface area contributed by atoms with Crippen LogP contribution in [0, 0.1) is 0 Å². The molecule has 0 saturated carbocycles. The normalized spacial score (nSPS) is 10.6. The molecule has 0 bridgehead atoms. The van der Waals surface area contributed by atoms with Crippen molar-refractivity contribution in [3.63, 3.8) is 0 Å². The van der Waals surface area contributed by atoms with Gasteiger partial charge in [-0.15, -0.1) is 0 Å². The first-order chi connectivity index (χ1) is 9.60. The lowest BCUT2D eigenvalue weighted by atomic mass is 10.2. The lowest BCUT2D eigenvalue weighted by molar-refractivity contribution is -0.124. The van der Waals surface area contributed by atoms with Crippen LogP contribution in [0.25, 0.3) is 6.08 Å². The number of unbranched alkanes of at least 4 members (excludes halogenated alkanes) is 1. The van der Waals surface area contributed by atoms with E-state index in [9.17, 15) is 4.79 Å². The van der Waals surface area contributed by atoms with Crippen LogP contribution in [0.4, 0.5) is 0 Å². The monoisotopic (exact) mass is 277 g/mol. The van der Waals surface area contributed by atoms with Crippen LogP contribution < -0.4 is 9.47 Å². The molecule has 4 heteroatoms. The summed E-state index contributed by atoms with van der Waals surface area (Å²) in [6, 6.07) is 5.52. The first-order valence-electron chi connectivity index (χ1n) is 6.77. The zero-order valence-electron chi connectivity index (χ0n) is 12.7. The first kappa shape index (κ1) is 16.1. The number of benzene rings is 1. The van der Waals surface area contributed by atoms with E-state index >= 15 is 0 Å². The van der Waals surface area contributed by atoms with Gasteiger partial charge in [0.1, 0.15) is 11.5 Å². The minimum absolute atomic E-state index is 0.000219. The molecular formula is C16H23NO3. The zero-order valence-corrected chi connectivity index (χ0v) is 12.7. The fourth-order valence-corrected chi connectivity index (χ4v) is 1.73. The minimum Gasteiger partial charge on any atom is -0.497 e. The topological polar surface area (TPSA) is 38.8 Å². The van der Waals surface area contributed by atoms with Crippen LogP contribution in [-0.2, 0) is 4.79 Å². The summed E-state index contributed by atoms with van der Waals surface area (Å²) in [4.78, 5) is 13.6. The number of amides is 1. The number of methoxy groups -OCH3 is 2. The maximum absolute atomic E-state index is 11.9. The van der Waals surface area contributed by atoms with Crippen molar-refractivity contribution >= 4 is 12.0 Å². The highest BCUT2D eigenvalue weighted by atomic mass is 16.5. The quantitative estimate of drug-likeness (QED) is 0.719. The van der Waals surface area contributed by atoms with Gasteiger partial charge in [0, 0.05) is 25.7 Å². The molecule has 110 valence electrons. The molecule has 0 atom stereocenters. The van der Waals surface area contributed by atoms with Gasteiger partial charge in [-0.3, -0.25) is 4.79 Å². The highest BCUT2D eigenvalue weighted by molar-refractivity contribution is 5.91. The third-order valence-corrected chi connectivity index (χ3v) is 3.02. The van der Waals surface area contributed by atoms with E-state index in [1.807, 2.05) is 19.2 Å². The molecule has 1 rings (SSSR count). The Hall–Kier alpha value is -1.97. The lowest BCUT2D eigenvalue weighted by Crippen LogP contribution is -2.25. The van der Waals surface area contributed by atoms with Crippen LogP contribution in [0.5, 0.6) is 11.5 Å². The van der Waals surface area contributed by atoms with Crippen LogP contribution in [0.3, 0.4) is 0 Å². The lowest BCUT2D eigenvalue weighted by Gasteiger charge is -2.14. The average molecular weight is 277 g/mol. The van der Waals surface area contributed by atoms with E-state index in [0.717, 1.165) is 24.9 Å². The van der Waals surface area contributed by atoms with Gasteiger partial charge >= 0.3 is 0 Å². The molecule has 0 radical (unpaired) electrons. The van der Waals surface area contributed by atoms with Crippen molar-refractivity contribution in [2.24, 2.45) is 0 Å². The summed E-state index contributed by atoms with van der Waals surface area (Å²) >= 11 is 0. The number of hydrogen-bond donors (Lipinski definition) is 0. The number of ether oxygens (including phenoxy) is 2. The molecule has 1 aromatic rings. The van der Waals surface area contributed by atoms with Crippen molar-refractivity contribution < 1.29 is 14.3 Å². The number of nitrogens with zero attached hydrogens (tertiary/aromatic N) is 1. The van der Waals surface area contributed by atoms with E-state index in [1.165, 1.54) is 0 Å². The zero-order chi connectivity index (χ0) is 15.0. The van der Waals surface area contributed by atoms with Crippen molar-refractivity contribution in [1.29, 1.82) is 0 Å². The van der Waals surface area contributed by atoms with Gasteiger partial charge in [0.05, 0.1) is 14.2 Å². The molecule has 0 saturated heterocycles. The number of likely N-dealkylation sites (N-methyl/N-ethyl adjacent to an activating group) is 1. The molecule has 0 unspecified atom stereocenters. The molecule has 0 spiro atoms. The molecule has 0 fully saturated rings. The van der Waals surface area contributed by atoms with E-state index in [2.05, 4.69) is 6.92 Å². The third kappa shape index (κ3) is 4.96. The highest BCUT2D eigenvalue weighted by Crippen LogP contribution is 2.23. The van der Waals surface area contributed by atoms with E-state index in [4.69, 9.17) is 9.47 Å². The van der Waals surface area contributed by atoms with Gasteiger partial charge in [0.25, 0.3) is 0 Å². The van der Waals surface area contributed by atoms with Crippen LogP contribution in [0.15, 0.2) is 24.3 Å². The van der Waals surface area contributed by atoms with Crippen LogP contribution in [-0.4, -0.2) is 38.6 Å². The Morgan fingerprint density at radius 1 is 1.20 bits per heavy atom. The van der Waals surface area contributed by atoms with Gasteiger partial charge in [-0.1, -0.05) is 13.3 Å². The maximum Gasteiger partial charge on any atom is 0.246 e. The molecule has 4 nitrogen and oxygen atoms in total. The van der Waals surface area contributed by atoms with Crippen LogP contribution in [0.1, 0.15) is 25.3 Å². The Labute approximate surface area is 121 Å². The van der Waals surface area contributed by atoms with E-state index in [-0.39, 0.29) is 5.91 Å². The van der Waals surface area contributed by atoms with Crippen molar-refractivity contribution in [1.82, 2.24) is 4.90 Å². The molecule has 0 N–H and O–H groups in total. The van der Waals surface area contributed by atoms with Gasteiger partial charge in [-0.25, -0.2) is 0 Å². The first-order valence-corrected chi connectivity index (χ1v) is 6.77. The molecular weight excluding hydrogens is 254 g/mol. The summed E-state index contributed by atoms with van der Waals surface area (Å²) in [6.45, 7) is 2.89. The molecule has 20 heavy (non-hydrogen) atoms. The molecule has 0 aliphatic rings. The average Bonchev–Trinajstić information content (AvgIpc) is 2.49. The number of carbonyl (C=O) groups is 1. The summed E-state index contributed by atoms with van der Waals surface area (Å²) in [7, 11) is 5.02. The second-order valence-corrected chi connectivity index (χ2v) is 4.59. The summed E-state index contributed by atoms with van der Waals surface area (Å²) < 4.78 is 10.4. The highest BCUT2D eigenvalue weighted by Gasteiger charge is 2.04. The summed E-state index contributed by atoms with van der Waals surface area (Å²) in [5.74, 6) is 1.41. The third-order valence-electron chi connectivity index (χ3n) is 3.02. The molecule has 1 aromatic carbocycles. The Morgan fingerprint density at radius 3 is 2.30 bits per heavy atom. The van der Waals surface area contributed by atoms with Crippen molar-refractivity contribution in [3.8, 4) is 11.5 Å². The molecule has 0 aromatic heterocycles. The fourth-order valence-electron chi connectivity index (χ4n) is 1.73. The number of carbonyl (C=O) groups excluding carboxylic acids is 1. The summed E-state index contributed by atoms with van der Waals surface area (Å²) in [6.07, 6.45) is 5.44.